The molecule has 1 atom stereocenters. The third-order valence-corrected chi connectivity index (χ3v) is 5.51. The molecular weight excluding hydrogens is 416 g/mol. The number of hydrogen-bond donors (Lipinski definition) is 2. The van der Waals surface area contributed by atoms with Gasteiger partial charge >= 0.3 is 6.09 Å². The van der Waals surface area contributed by atoms with Gasteiger partial charge in [0.15, 0.2) is 0 Å². The zero-order chi connectivity index (χ0) is 22.8. The Bertz CT molecular complexity index is 965. The fraction of sp³-hybridized carbons (Fsp3) is 0.522. The number of para-hydroxylation sites is 1. The number of amides is 2. The molecule has 8 heteroatoms. The molecule has 1 aromatic heterocycles. The number of nitrogens with one attached hydrogen (secondary N) is 2. The van der Waals surface area contributed by atoms with Gasteiger partial charge in [-0.15, -0.1) is 0 Å². The van der Waals surface area contributed by atoms with E-state index in [1.165, 1.54) is 0 Å². The number of fused-ring (bicyclic) bond motifs is 1. The van der Waals surface area contributed by atoms with Crippen molar-refractivity contribution in [3.8, 4) is 0 Å². The van der Waals surface area contributed by atoms with Gasteiger partial charge in [-0.05, 0) is 52.7 Å². The summed E-state index contributed by atoms with van der Waals surface area (Å²) >= 11 is 6.42. The molecule has 1 aromatic carbocycles. The van der Waals surface area contributed by atoms with Gasteiger partial charge in [-0.1, -0.05) is 23.7 Å². The van der Waals surface area contributed by atoms with Gasteiger partial charge in [0.2, 0.25) is 5.91 Å². The van der Waals surface area contributed by atoms with Crippen molar-refractivity contribution in [1.29, 1.82) is 0 Å². The zero-order valence-corrected chi connectivity index (χ0v) is 19.5. The van der Waals surface area contributed by atoms with E-state index in [0.29, 0.717) is 5.02 Å². The number of alkyl carbamates (subject to hydrolysis) is 1. The van der Waals surface area contributed by atoms with Gasteiger partial charge in [-0.2, -0.15) is 0 Å². The highest BCUT2D eigenvalue weighted by atomic mass is 35.5. The number of anilines is 1. The van der Waals surface area contributed by atoms with E-state index in [4.69, 9.17) is 21.3 Å². The molecule has 2 heterocycles. The standard InChI is InChI=1S/C23H31ClN4O3/c1-14(25-22(30)31-23(3,4)5)18-13-16-7-6-8-19(24)20(16)27-21(18)28-11-9-17(10-12-28)26-15(2)29/h6-8,13-14,17H,9-12H2,1-5H3,(H,25,30)(H,26,29). The Labute approximate surface area is 188 Å². The Morgan fingerprint density at radius 3 is 2.55 bits per heavy atom. The lowest BCUT2D eigenvalue weighted by Crippen LogP contribution is -2.44. The second kappa shape index (κ2) is 9.30. The van der Waals surface area contributed by atoms with Crippen molar-refractivity contribution in [2.45, 2.75) is 65.1 Å². The van der Waals surface area contributed by atoms with Gasteiger partial charge < -0.3 is 20.3 Å². The molecule has 0 bridgehead atoms. The van der Waals surface area contributed by atoms with E-state index in [-0.39, 0.29) is 18.0 Å². The highest BCUT2D eigenvalue weighted by molar-refractivity contribution is 6.35. The first-order valence-electron chi connectivity index (χ1n) is 10.6. The fourth-order valence-electron chi connectivity index (χ4n) is 3.83. The molecule has 2 N–H and O–H groups in total. The maximum absolute atomic E-state index is 12.4. The average molecular weight is 447 g/mol. The molecular formula is C23H31ClN4O3. The predicted octanol–water partition coefficient (Wildman–Crippen LogP) is 4.58. The van der Waals surface area contributed by atoms with Gasteiger partial charge in [0.1, 0.15) is 11.4 Å². The van der Waals surface area contributed by atoms with E-state index < -0.39 is 11.7 Å². The van der Waals surface area contributed by atoms with Gasteiger partial charge in [-0.3, -0.25) is 4.79 Å². The van der Waals surface area contributed by atoms with E-state index in [0.717, 1.165) is 48.2 Å². The summed E-state index contributed by atoms with van der Waals surface area (Å²) in [6, 6.07) is 7.56. The lowest BCUT2D eigenvalue weighted by Gasteiger charge is -2.35. The van der Waals surface area contributed by atoms with Crippen molar-refractivity contribution in [3.63, 3.8) is 0 Å². The van der Waals surface area contributed by atoms with Crippen molar-refractivity contribution >= 4 is 40.3 Å². The van der Waals surface area contributed by atoms with E-state index in [1.807, 2.05) is 52.0 Å². The number of pyridine rings is 1. The second-order valence-corrected chi connectivity index (χ2v) is 9.45. The summed E-state index contributed by atoms with van der Waals surface area (Å²) in [7, 11) is 0. The largest absolute Gasteiger partial charge is 0.444 e. The second-order valence-electron chi connectivity index (χ2n) is 9.04. The number of carbonyl (C=O) groups excluding carboxylic acids is 2. The Morgan fingerprint density at radius 1 is 1.26 bits per heavy atom. The molecule has 2 amide bonds. The number of hydrogen-bond acceptors (Lipinski definition) is 5. The number of nitrogens with zero attached hydrogens (tertiary/aromatic N) is 2. The van der Waals surface area contributed by atoms with Crippen LogP contribution in [-0.4, -0.2) is 41.7 Å². The summed E-state index contributed by atoms with van der Waals surface area (Å²) < 4.78 is 5.43. The van der Waals surface area contributed by atoms with Crippen LogP contribution in [0.1, 0.15) is 59.1 Å². The summed E-state index contributed by atoms with van der Waals surface area (Å²) in [6.07, 6.45) is 1.19. The van der Waals surface area contributed by atoms with Gasteiger partial charge in [0, 0.05) is 37.0 Å². The third kappa shape index (κ3) is 6.00. The van der Waals surface area contributed by atoms with Crippen molar-refractivity contribution in [2.75, 3.05) is 18.0 Å². The lowest BCUT2D eigenvalue weighted by atomic mass is 10.0. The van der Waals surface area contributed by atoms with Gasteiger partial charge in [0.25, 0.3) is 0 Å². The average Bonchev–Trinajstić information content (AvgIpc) is 2.66. The van der Waals surface area contributed by atoms with Crippen LogP contribution in [0.15, 0.2) is 24.3 Å². The first-order valence-corrected chi connectivity index (χ1v) is 11.0. The molecule has 0 aliphatic carbocycles. The minimum absolute atomic E-state index is 0.00932. The number of benzene rings is 1. The van der Waals surface area contributed by atoms with E-state index in [1.54, 1.807) is 6.92 Å². The van der Waals surface area contributed by atoms with Crippen molar-refractivity contribution in [1.82, 2.24) is 15.6 Å². The fourth-order valence-corrected chi connectivity index (χ4v) is 4.05. The number of rotatable bonds is 4. The van der Waals surface area contributed by atoms with Gasteiger partial charge in [-0.25, -0.2) is 9.78 Å². The Balaban J connectivity index is 1.90. The number of ether oxygens (including phenoxy) is 1. The smallest absolute Gasteiger partial charge is 0.408 e. The Hall–Kier alpha value is -2.54. The van der Waals surface area contributed by atoms with Crippen LogP contribution in [-0.2, 0) is 9.53 Å². The predicted molar refractivity (Wildman–Crippen MR) is 124 cm³/mol. The summed E-state index contributed by atoms with van der Waals surface area (Å²) in [4.78, 5) is 30.9. The normalized spacial score (nSPS) is 16.1. The monoisotopic (exact) mass is 446 g/mol. The van der Waals surface area contributed by atoms with E-state index in [2.05, 4.69) is 15.5 Å². The molecule has 1 aliphatic rings. The molecule has 1 fully saturated rings. The Kier molecular flexibility index (Phi) is 6.94. The molecule has 1 unspecified atom stereocenters. The van der Waals surface area contributed by atoms with Crippen LogP contribution in [0.25, 0.3) is 10.9 Å². The van der Waals surface area contributed by atoms with Crippen LogP contribution in [0.5, 0.6) is 0 Å². The van der Waals surface area contributed by atoms with Crippen molar-refractivity contribution in [2.24, 2.45) is 0 Å². The van der Waals surface area contributed by atoms with Gasteiger partial charge in [0.05, 0.1) is 16.6 Å². The number of carbonyl (C=O) groups is 2. The summed E-state index contributed by atoms with van der Waals surface area (Å²) in [5, 5.41) is 7.43. The van der Waals surface area contributed by atoms with Crippen LogP contribution in [0.3, 0.4) is 0 Å². The molecule has 0 spiro atoms. The molecule has 1 saturated heterocycles. The van der Waals surface area contributed by atoms with E-state index in [9.17, 15) is 9.59 Å². The molecule has 7 nitrogen and oxygen atoms in total. The third-order valence-electron chi connectivity index (χ3n) is 5.21. The van der Waals surface area contributed by atoms with Crippen molar-refractivity contribution < 1.29 is 14.3 Å². The summed E-state index contributed by atoms with van der Waals surface area (Å²) in [6.45, 7) is 10.5. The lowest BCUT2D eigenvalue weighted by molar-refractivity contribution is -0.119. The first kappa shape index (κ1) is 23.1. The first-order chi connectivity index (χ1) is 14.5. The number of halogens is 1. The highest BCUT2D eigenvalue weighted by Crippen LogP contribution is 2.33. The number of piperidine rings is 1. The van der Waals surface area contributed by atoms with E-state index >= 15 is 0 Å². The Morgan fingerprint density at radius 2 is 1.94 bits per heavy atom. The molecule has 0 radical (unpaired) electrons. The van der Waals surface area contributed by atoms with Crippen LogP contribution in [0.2, 0.25) is 5.02 Å². The highest BCUT2D eigenvalue weighted by Gasteiger charge is 2.26. The topological polar surface area (TPSA) is 83.6 Å². The minimum atomic E-state index is -0.576. The minimum Gasteiger partial charge on any atom is -0.444 e. The van der Waals surface area contributed by atoms with Crippen molar-refractivity contribution in [3.05, 3.63) is 34.9 Å². The summed E-state index contributed by atoms with van der Waals surface area (Å²) in [5.74, 6) is 0.787. The molecule has 1 aliphatic heterocycles. The quantitative estimate of drug-likeness (QED) is 0.718. The maximum atomic E-state index is 12.4. The molecule has 3 rings (SSSR count). The molecule has 2 aromatic rings. The van der Waals surface area contributed by atoms with Crippen LogP contribution in [0.4, 0.5) is 10.6 Å². The zero-order valence-electron chi connectivity index (χ0n) is 18.8. The molecule has 0 saturated carbocycles. The SMILES string of the molecule is CC(=O)NC1CCN(c2nc3c(Cl)cccc3cc2C(C)NC(=O)OC(C)(C)C)CC1. The summed E-state index contributed by atoms with van der Waals surface area (Å²) in [5.41, 5.74) is 1.06. The number of aromatic nitrogens is 1. The van der Waals surface area contributed by atoms with Crippen LogP contribution >= 0.6 is 11.6 Å². The maximum Gasteiger partial charge on any atom is 0.408 e. The van der Waals surface area contributed by atoms with Crippen LogP contribution in [0, 0.1) is 0 Å². The molecule has 168 valence electrons. The van der Waals surface area contributed by atoms with Crippen LogP contribution < -0.4 is 15.5 Å². The molecule has 31 heavy (non-hydrogen) atoms.